The third kappa shape index (κ3) is 4.55. The molecule has 0 saturated heterocycles. The molecular formula is C17H27N3O3S. The molecule has 4 N–H and O–H groups in total. The second-order valence-corrected chi connectivity index (χ2v) is 8.81. The lowest BCUT2D eigenvalue weighted by Gasteiger charge is -2.37. The first-order valence-electron chi connectivity index (χ1n) is 8.34. The average molecular weight is 353 g/mol. The Morgan fingerprint density at radius 2 is 1.88 bits per heavy atom. The number of nitrogens with one attached hydrogen (secondary N) is 2. The Morgan fingerprint density at radius 3 is 2.42 bits per heavy atom. The summed E-state index contributed by atoms with van der Waals surface area (Å²) in [6.45, 7) is 5.45. The summed E-state index contributed by atoms with van der Waals surface area (Å²) < 4.78 is 26.7. The molecule has 1 aromatic rings. The first kappa shape index (κ1) is 18.9. The zero-order valence-corrected chi connectivity index (χ0v) is 15.3. The van der Waals surface area contributed by atoms with Gasteiger partial charge in [-0.1, -0.05) is 12.8 Å². The minimum absolute atomic E-state index is 0.101. The highest BCUT2D eigenvalue weighted by atomic mass is 32.2. The Hall–Kier alpha value is -1.44. The zero-order chi connectivity index (χ0) is 18.0. The maximum atomic E-state index is 12.5. The maximum Gasteiger partial charge on any atom is 0.240 e. The van der Waals surface area contributed by atoms with Crippen LogP contribution in [0.1, 0.15) is 46.5 Å². The summed E-state index contributed by atoms with van der Waals surface area (Å²) in [6.07, 6.45) is 3.67. The van der Waals surface area contributed by atoms with Crippen LogP contribution in [0.4, 0.5) is 5.69 Å². The Labute approximate surface area is 144 Å². The molecule has 2 unspecified atom stereocenters. The van der Waals surface area contributed by atoms with Gasteiger partial charge in [0.15, 0.2) is 0 Å². The third-order valence-electron chi connectivity index (χ3n) is 4.39. The van der Waals surface area contributed by atoms with Crippen molar-refractivity contribution in [3.8, 4) is 0 Å². The molecule has 6 nitrogen and oxygen atoms in total. The van der Waals surface area contributed by atoms with E-state index in [2.05, 4.69) is 10.0 Å². The Morgan fingerprint density at radius 1 is 1.25 bits per heavy atom. The molecule has 134 valence electrons. The summed E-state index contributed by atoms with van der Waals surface area (Å²) >= 11 is 0. The van der Waals surface area contributed by atoms with Crippen LogP contribution in [0.15, 0.2) is 29.2 Å². The van der Waals surface area contributed by atoms with E-state index in [1.54, 1.807) is 26.0 Å². The van der Waals surface area contributed by atoms with Gasteiger partial charge in [-0.3, -0.25) is 4.79 Å². The van der Waals surface area contributed by atoms with Gasteiger partial charge in [0, 0.05) is 17.3 Å². The fourth-order valence-electron chi connectivity index (χ4n) is 3.11. The average Bonchev–Trinajstić information content (AvgIpc) is 2.45. The molecule has 1 saturated carbocycles. The molecule has 0 bridgehead atoms. The van der Waals surface area contributed by atoms with Crippen LogP contribution in [-0.2, 0) is 14.8 Å². The summed E-state index contributed by atoms with van der Waals surface area (Å²) in [4.78, 5) is 12.7. The largest absolute Gasteiger partial charge is 0.326 e. The predicted molar refractivity (Wildman–Crippen MR) is 95.1 cm³/mol. The molecule has 1 aliphatic carbocycles. The first-order valence-corrected chi connectivity index (χ1v) is 9.82. The molecule has 0 spiro atoms. The predicted octanol–water partition coefficient (Wildman–Crippen LogP) is 2.22. The van der Waals surface area contributed by atoms with Crippen molar-refractivity contribution in [3.63, 3.8) is 0 Å². The smallest absolute Gasteiger partial charge is 0.240 e. The van der Waals surface area contributed by atoms with Crippen LogP contribution in [0.3, 0.4) is 0 Å². The highest BCUT2D eigenvalue weighted by Gasteiger charge is 2.37. The van der Waals surface area contributed by atoms with Crippen molar-refractivity contribution in [2.45, 2.75) is 62.9 Å². The minimum atomic E-state index is -3.53. The highest BCUT2D eigenvalue weighted by molar-refractivity contribution is 7.89. The van der Waals surface area contributed by atoms with Crippen molar-refractivity contribution >= 4 is 21.6 Å². The Kier molecular flexibility index (Phi) is 5.67. The van der Waals surface area contributed by atoms with E-state index in [1.165, 1.54) is 12.1 Å². The molecule has 1 amide bonds. The number of benzene rings is 1. The van der Waals surface area contributed by atoms with Gasteiger partial charge in [0.1, 0.15) is 0 Å². The topological polar surface area (TPSA) is 101 Å². The van der Waals surface area contributed by atoms with Gasteiger partial charge < -0.3 is 11.1 Å². The van der Waals surface area contributed by atoms with Crippen LogP contribution in [0, 0.1) is 5.92 Å². The summed E-state index contributed by atoms with van der Waals surface area (Å²) in [6, 6.07) is 6.00. The number of amides is 1. The van der Waals surface area contributed by atoms with E-state index in [1.807, 2.05) is 6.92 Å². The molecule has 0 aromatic heterocycles. The summed E-state index contributed by atoms with van der Waals surface area (Å²) in [5, 5.41) is 2.85. The van der Waals surface area contributed by atoms with Crippen LogP contribution in [-0.4, -0.2) is 25.9 Å². The molecule has 7 heteroatoms. The van der Waals surface area contributed by atoms with Crippen LogP contribution in [0.5, 0.6) is 0 Å². The van der Waals surface area contributed by atoms with E-state index in [0.717, 1.165) is 25.7 Å². The summed E-state index contributed by atoms with van der Waals surface area (Å²) in [5.74, 6) is -0.326. The van der Waals surface area contributed by atoms with Crippen LogP contribution >= 0.6 is 0 Å². The number of carbonyl (C=O) groups excluding carboxylic acids is 1. The van der Waals surface area contributed by atoms with Gasteiger partial charge >= 0.3 is 0 Å². The number of carbonyl (C=O) groups is 1. The van der Waals surface area contributed by atoms with Crippen LogP contribution in [0.25, 0.3) is 0 Å². The van der Waals surface area contributed by atoms with Gasteiger partial charge in [-0.05, 0) is 57.9 Å². The van der Waals surface area contributed by atoms with Crippen molar-refractivity contribution in [1.29, 1.82) is 0 Å². The van der Waals surface area contributed by atoms with Gasteiger partial charge in [-0.15, -0.1) is 0 Å². The van der Waals surface area contributed by atoms with Crippen LogP contribution in [0.2, 0.25) is 0 Å². The lowest BCUT2D eigenvalue weighted by Crippen LogP contribution is -2.51. The molecular weight excluding hydrogens is 326 g/mol. The lowest BCUT2D eigenvalue weighted by atomic mass is 9.74. The highest BCUT2D eigenvalue weighted by Crippen LogP contribution is 2.32. The quantitative estimate of drug-likeness (QED) is 0.755. The number of hydrogen-bond donors (Lipinski definition) is 3. The fourth-order valence-corrected chi connectivity index (χ4v) is 4.37. The second-order valence-electron chi connectivity index (χ2n) is 7.09. The molecule has 1 fully saturated rings. The van der Waals surface area contributed by atoms with E-state index in [4.69, 9.17) is 5.73 Å². The van der Waals surface area contributed by atoms with Crippen LogP contribution < -0.4 is 15.8 Å². The third-order valence-corrected chi connectivity index (χ3v) is 6.07. The number of anilines is 1. The van der Waals surface area contributed by atoms with Crippen molar-refractivity contribution < 1.29 is 13.2 Å². The summed E-state index contributed by atoms with van der Waals surface area (Å²) in [7, 11) is -3.53. The zero-order valence-electron chi connectivity index (χ0n) is 14.5. The fraction of sp³-hybridized carbons (Fsp3) is 0.588. The van der Waals surface area contributed by atoms with Gasteiger partial charge in [-0.25, -0.2) is 13.1 Å². The van der Waals surface area contributed by atoms with Crippen molar-refractivity contribution in [3.05, 3.63) is 24.3 Å². The number of nitrogens with two attached hydrogens (primary N) is 1. The van der Waals surface area contributed by atoms with Gasteiger partial charge in [0.25, 0.3) is 0 Å². The van der Waals surface area contributed by atoms with Crippen molar-refractivity contribution in [1.82, 2.24) is 4.72 Å². The number of rotatable bonds is 5. The molecule has 0 aliphatic heterocycles. The molecule has 1 aromatic carbocycles. The van der Waals surface area contributed by atoms with Crippen molar-refractivity contribution in [2.24, 2.45) is 11.7 Å². The van der Waals surface area contributed by atoms with Crippen molar-refractivity contribution in [2.75, 3.05) is 5.32 Å². The second kappa shape index (κ2) is 7.21. The number of hydrogen-bond acceptors (Lipinski definition) is 4. The summed E-state index contributed by atoms with van der Waals surface area (Å²) in [5.41, 5.74) is 6.34. The molecule has 24 heavy (non-hydrogen) atoms. The van der Waals surface area contributed by atoms with E-state index in [-0.39, 0.29) is 22.8 Å². The van der Waals surface area contributed by atoms with Gasteiger partial charge in [-0.2, -0.15) is 0 Å². The Bertz CT molecular complexity index is 682. The standard InChI is InChI=1S/C17H27N3O3S/c1-12(2)20-24(22,23)14-9-7-13(8-10-14)19-16(21)15-6-4-5-11-17(15,3)18/h7-10,12,15,20H,4-6,11,18H2,1-3H3,(H,19,21). The van der Waals surface area contributed by atoms with E-state index >= 15 is 0 Å². The molecule has 0 heterocycles. The molecule has 2 rings (SSSR count). The van der Waals surface area contributed by atoms with Gasteiger partial charge in [0.2, 0.25) is 15.9 Å². The van der Waals surface area contributed by atoms with E-state index in [9.17, 15) is 13.2 Å². The monoisotopic (exact) mass is 353 g/mol. The Balaban J connectivity index is 2.07. The molecule has 2 atom stereocenters. The van der Waals surface area contributed by atoms with E-state index in [0.29, 0.717) is 5.69 Å². The molecule has 1 aliphatic rings. The SMILES string of the molecule is CC(C)NS(=O)(=O)c1ccc(NC(=O)C2CCCCC2(C)N)cc1. The number of sulfonamides is 1. The van der Waals surface area contributed by atoms with E-state index < -0.39 is 15.6 Å². The van der Waals surface area contributed by atoms with Gasteiger partial charge in [0.05, 0.1) is 10.8 Å². The maximum absolute atomic E-state index is 12.5. The normalized spacial score (nSPS) is 24.8. The lowest BCUT2D eigenvalue weighted by molar-refractivity contribution is -0.122. The minimum Gasteiger partial charge on any atom is -0.326 e. The first-order chi connectivity index (χ1) is 11.1. The molecule has 0 radical (unpaired) electrons.